The second-order valence-corrected chi connectivity index (χ2v) is 7.13. The molecule has 0 saturated heterocycles. The van der Waals surface area contributed by atoms with Gasteiger partial charge in [0.05, 0.1) is 4.47 Å². The summed E-state index contributed by atoms with van der Waals surface area (Å²) < 4.78 is 28.1. The van der Waals surface area contributed by atoms with Gasteiger partial charge >= 0.3 is 0 Å². The number of carbonyl (C=O) groups excluding carboxylic acids is 1. The number of rotatable bonds is 2. The van der Waals surface area contributed by atoms with E-state index in [0.29, 0.717) is 12.0 Å². The number of carbonyl (C=O) groups is 1. The standard InChI is InChI=1S/C18H12Br2F2O/c19-15-4-2-1-3-13(15)10-7-11(9-12(23)8-10)14-5-6-16(21)18(22)17(14)20/h1-6,8,11H,7,9H2. The molecule has 2 aromatic carbocycles. The lowest BCUT2D eigenvalue weighted by atomic mass is 9.81. The Hall–Kier alpha value is -1.33. The lowest BCUT2D eigenvalue weighted by Crippen LogP contribution is -2.13. The van der Waals surface area contributed by atoms with Gasteiger partial charge in [-0.2, -0.15) is 0 Å². The third-order valence-electron chi connectivity index (χ3n) is 3.97. The van der Waals surface area contributed by atoms with Crippen LogP contribution in [0.1, 0.15) is 29.9 Å². The van der Waals surface area contributed by atoms with Crippen LogP contribution in [0.25, 0.3) is 5.57 Å². The first-order chi connectivity index (χ1) is 11.0. The first-order valence-corrected chi connectivity index (χ1v) is 8.67. The smallest absolute Gasteiger partial charge is 0.173 e. The van der Waals surface area contributed by atoms with Crippen molar-refractivity contribution in [3.8, 4) is 0 Å². The Labute approximate surface area is 149 Å². The van der Waals surface area contributed by atoms with Gasteiger partial charge in [-0.3, -0.25) is 4.79 Å². The third-order valence-corrected chi connectivity index (χ3v) is 5.47. The van der Waals surface area contributed by atoms with Crippen LogP contribution in [0.4, 0.5) is 8.78 Å². The van der Waals surface area contributed by atoms with Crippen molar-refractivity contribution in [3.05, 3.63) is 74.2 Å². The van der Waals surface area contributed by atoms with Crippen molar-refractivity contribution in [2.45, 2.75) is 18.8 Å². The number of ketones is 1. The molecule has 0 heterocycles. The quantitative estimate of drug-likeness (QED) is 0.520. The van der Waals surface area contributed by atoms with Gasteiger partial charge in [-0.1, -0.05) is 40.2 Å². The molecule has 0 aliphatic heterocycles. The largest absolute Gasteiger partial charge is 0.295 e. The molecule has 0 N–H and O–H groups in total. The van der Waals surface area contributed by atoms with E-state index in [1.165, 1.54) is 0 Å². The average Bonchev–Trinajstić information content (AvgIpc) is 2.52. The first-order valence-electron chi connectivity index (χ1n) is 7.09. The van der Waals surface area contributed by atoms with Crippen LogP contribution in [0.15, 0.2) is 51.4 Å². The minimum Gasteiger partial charge on any atom is -0.295 e. The third kappa shape index (κ3) is 3.31. The van der Waals surface area contributed by atoms with Crippen LogP contribution < -0.4 is 0 Å². The minimum atomic E-state index is -0.910. The number of allylic oxidation sites excluding steroid dienone is 2. The topological polar surface area (TPSA) is 17.1 Å². The highest BCUT2D eigenvalue weighted by molar-refractivity contribution is 9.10. The highest BCUT2D eigenvalue weighted by Gasteiger charge is 2.26. The molecule has 0 bridgehead atoms. The Bertz CT molecular complexity index is 815. The molecule has 1 nitrogen and oxygen atoms in total. The number of halogens is 4. The van der Waals surface area contributed by atoms with E-state index >= 15 is 0 Å². The number of hydrogen-bond donors (Lipinski definition) is 0. The minimum absolute atomic E-state index is 0.0105. The summed E-state index contributed by atoms with van der Waals surface area (Å²) in [5.74, 6) is -2.00. The summed E-state index contributed by atoms with van der Waals surface area (Å²) in [6.07, 6.45) is 2.53. The van der Waals surface area contributed by atoms with Crippen LogP contribution in [0.3, 0.4) is 0 Å². The molecule has 2 aromatic rings. The molecule has 23 heavy (non-hydrogen) atoms. The predicted octanol–water partition coefficient (Wildman–Crippen LogP) is 6.02. The lowest BCUT2D eigenvalue weighted by Gasteiger charge is -2.24. The van der Waals surface area contributed by atoms with Crippen molar-refractivity contribution < 1.29 is 13.6 Å². The summed E-state index contributed by atoms with van der Waals surface area (Å²) in [7, 11) is 0. The fourth-order valence-corrected chi connectivity index (χ4v) is 4.06. The molecule has 0 aromatic heterocycles. The van der Waals surface area contributed by atoms with E-state index < -0.39 is 11.6 Å². The van der Waals surface area contributed by atoms with E-state index in [-0.39, 0.29) is 22.6 Å². The van der Waals surface area contributed by atoms with Gasteiger partial charge in [0.25, 0.3) is 0 Å². The Morgan fingerprint density at radius 3 is 2.48 bits per heavy atom. The summed E-state index contributed by atoms with van der Waals surface area (Å²) in [4.78, 5) is 12.1. The summed E-state index contributed by atoms with van der Waals surface area (Å²) in [5.41, 5.74) is 2.47. The van der Waals surface area contributed by atoms with Gasteiger partial charge in [-0.15, -0.1) is 0 Å². The Morgan fingerprint density at radius 1 is 1.00 bits per heavy atom. The van der Waals surface area contributed by atoms with Gasteiger partial charge in [-0.05, 0) is 63.2 Å². The molecule has 3 rings (SSSR count). The molecule has 0 saturated carbocycles. The first kappa shape index (κ1) is 16.5. The maximum atomic E-state index is 13.8. The second-order valence-electron chi connectivity index (χ2n) is 5.49. The van der Waals surface area contributed by atoms with E-state index in [1.54, 1.807) is 12.1 Å². The van der Waals surface area contributed by atoms with Crippen LogP contribution in [-0.4, -0.2) is 5.78 Å². The molecule has 1 unspecified atom stereocenters. The summed E-state index contributed by atoms with van der Waals surface area (Å²) in [6.45, 7) is 0. The van der Waals surface area contributed by atoms with E-state index in [9.17, 15) is 13.6 Å². The molecule has 1 atom stereocenters. The van der Waals surface area contributed by atoms with E-state index in [0.717, 1.165) is 21.7 Å². The maximum absolute atomic E-state index is 13.8. The molecule has 5 heteroatoms. The van der Waals surface area contributed by atoms with Crippen LogP contribution in [0, 0.1) is 11.6 Å². The van der Waals surface area contributed by atoms with Gasteiger partial charge in [0.2, 0.25) is 0 Å². The molecular formula is C18H12Br2F2O. The van der Waals surface area contributed by atoms with Crippen molar-refractivity contribution in [1.29, 1.82) is 0 Å². The Kier molecular flexibility index (Phi) is 4.78. The van der Waals surface area contributed by atoms with Crippen molar-refractivity contribution >= 4 is 43.2 Å². The molecule has 1 aliphatic rings. The highest BCUT2D eigenvalue weighted by atomic mass is 79.9. The fourth-order valence-electron chi connectivity index (χ4n) is 2.88. The predicted molar refractivity (Wildman–Crippen MR) is 93.2 cm³/mol. The lowest BCUT2D eigenvalue weighted by molar-refractivity contribution is -0.115. The molecule has 0 radical (unpaired) electrons. The van der Waals surface area contributed by atoms with Crippen LogP contribution in [0.5, 0.6) is 0 Å². The fraction of sp³-hybridized carbons (Fsp3) is 0.167. The monoisotopic (exact) mass is 440 g/mol. The van der Waals surface area contributed by atoms with Gasteiger partial charge < -0.3 is 0 Å². The average molecular weight is 442 g/mol. The SMILES string of the molecule is O=C1C=C(c2ccccc2Br)CC(c2ccc(F)c(F)c2Br)C1. The zero-order valence-corrected chi connectivity index (χ0v) is 15.1. The van der Waals surface area contributed by atoms with Crippen LogP contribution in [-0.2, 0) is 4.79 Å². The van der Waals surface area contributed by atoms with Gasteiger partial charge in [0.15, 0.2) is 17.4 Å². The second kappa shape index (κ2) is 6.65. The van der Waals surface area contributed by atoms with Crippen molar-refractivity contribution in [2.24, 2.45) is 0 Å². The zero-order valence-electron chi connectivity index (χ0n) is 12.0. The van der Waals surface area contributed by atoms with Crippen molar-refractivity contribution in [3.63, 3.8) is 0 Å². The molecule has 0 spiro atoms. The van der Waals surface area contributed by atoms with Gasteiger partial charge in [0, 0.05) is 10.9 Å². The van der Waals surface area contributed by atoms with Crippen molar-refractivity contribution in [1.82, 2.24) is 0 Å². The maximum Gasteiger partial charge on any atom is 0.173 e. The molecular weight excluding hydrogens is 430 g/mol. The number of benzene rings is 2. The normalized spacial score (nSPS) is 18.0. The van der Waals surface area contributed by atoms with Gasteiger partial charge in [0.1, 0.15) is 0 Å². The summed E-state index contributed by atoms with van der Waals surface area (Å²) in [6, 6.07) is 10.3. The van der Waals surface area contributed by atoms with Crippen LogP contribution in [0.2, 0.25) is 0 Å². The highest BCUT2D eigenvalue weighted by Crippen LogP contribution is 2.41. The van der Waals surface area contributed by atoms with Gasteiger partial charge in [-0.25, -0.2) is 8.78 Å². The Balaban J connectivity index is 1.99. The van der Waals surface area contributed by atoms with E-state index in [2.05, 4.69) is 31.9 Å². The molecule has 1 aliphatic carbocycles. The molecule has 118 valence electrons. The number of hydrogen-bond acceptors (Lipinski definition) is 1. The zero-order chi connectivity index (χ0) is 16.6. The van der Waals surface area contributed by atoms with Crippen LogP contribution >= 0.6 is 31.9 Å². The summed E-state index contributed by atoms with van der Waals surface area (Å²) in [5, 5.41) is 0. The molecule has 0 amide bonds. The Morgan fingerprint density at radius 2 is 1.74 bits per heavy atom. The molecule has 0 fully saturated rings. The van der Waals surface area contributed by atoms with Crippen molar-refractivity contribution in [2.75, 3.05) is 0 Å². The van der Waals surface area contributed by atoms with E-state index in [1.807, 2.05) is 24.3 Å². The summed E-state index contributed by atoms with van der Waals surface area (Å²) >= 11 is 6.61. The van der Waals surface area contributed by atoms with E-state index in [4.69, 9.17) is 0 Å².